The van der Waals surface area contributed by atoms with Crippen LogP contribution in [0.2, 0.25) is 5.02 Å². The second-order valence-electron chi connectivity index (χ2n) is 9.40. The number of carbonyl (C=O) groups excluding carboxylic acids is 1. The van der Waals surface area contributed by atoms with Gasteiger partial charge in [-0.2, -0.15) is 0 Å². The maximum atomic E-state index is 12.3. The number of imidazole rings is 1. The van der Waals surface area contributed by atoms with E-state index in [-0.39, 0.29) is 6.10 Å². The molecule has 0 fully saturated rings. The Bertz CT molecular complexity index is 1610. The predicted octanol–water partition coefficient (Wildman–Crippen LogP) is 6.01. The summed E-state index contributed by atoms with van der Waals surface area (Å²) in [4.78, 5) is 23.9. The quantitative estimate of drug-likeness (QED) is 0.217. The predicted molar refractivity (Wildman–Crippen MR) is 158 cm³/mol. The molecule has 8 nitrogen and oxygen atoms in total. The van der Waals surface area contributed by atoms with Gasteiger partial charge in [-0.25, -0.2) is 9.97 Å². The molecule has 10 heteroatoms. The summed E-state index contributed by atoms with van der Waals surface area (Å²) in [6, 6.07) is 19.4. The van der Waals surface area contributed by atoms with E-state index in [0.29, 0.717) is 15.6 Å². The van der Waals surface area contributed by atoms with Crippen molar-refractivity contribution in [3.05, 3.63) is 88.7 Å². The number of carbonyl (C=O) groups is 1. The zero-order valence-electron chi connectivity index (χ0n) is 21.9. The molecular formula is C29H29ClN6O2S. The van der Waals surface area contributed by atoms with Crippen molar-refractivity contribution < 1.29 is 9.53 Å². The molecule has 3 aromatic heterocycles. The van der Waals surface area contributed by atoms with E-state index in [1.54, 1.807) is 6.33 Å². The van der Waals surface area contributed by atoms with Crippen molar-refractivity contribution in [2.45, 2.75) is 13.0 Å². The van der Waals surface area contributed by atoms with Crippen molar-refractivity contribution in [3.63, 3.8) is 0 Å². The fraction of sp³-hybridized carbons (Fsp3) is 0.207. The van der Waals surface area contributed by atoms with Gasteiger partial charge in [0, 0.05) is 41.5 Å². The third-order valence-corrected chi connectivity index (χ3v) is 7.78. The van der Waals surface area contributed by atoms with Crippen LogP contribution >= 0.6 is 22.9 Å². The van der Waals surface area contributed by atoms with Crippen LogP contribution in [0.15, 0.2) is 73.2 Å². The number of pyridine rings is 1. The molecule has 0 bridgehead atoms. The molecule has 200 valence electrons. The Labute approximate surface area is 236 Å². The topological polar surface area (TPSA) is 98.3 Å². The highest BCUT2D eigenvalue weighted by Gasteiger charge is 2.21. The summed E-state index contributed by atoms with van der Waals surface area (Å²) in [7, 11) is 4.08. The van der Waals surface area contributed by atoms with Gasteiger partial charge in [-0.1, -0.05) is 35.9 Å². The van der Waals surface area contributed by atoms with E-state index in [9.17, 15) is 4.79 Å². The standard InChI is InChI=1S/C29H29ClN6O2S/c1-18(21-6-4-5-7-22(21)30)38-25-15-27(39-28(25)29(31)37)36-17-34-23-14-19(8-10-24(23)36)20-9-11-26(33-16-20)32-12-13-35(2)3/h4-11,14-18H,12-13H2,1-3H3,(H2,31,37)(H,32,33)/t18-/m1/s1. The first-order valence-electron chi connectivity index (χ1n) is 12.5. The van der Waals surface area contributed by atoms with Crippen molar-refractivity contribution in [1.29, 1.82) is 0 Å². The lowest BCUT2D eigenvalue weighted by Crippen LogP contribution is -2.21. The molecule has 2 aromatic carbocycles. The highest BCUT2D eigenvalue weighted by Crippen LogP contribution is 2.37. The number of nitrogens with one attached hydrogen (secondary N) is 1. The second kappa shape index (κ2) is 11.4. The van der Waals surface area contributed by atoms with Gasteiger partial charge in [0.2, 0.25) is 0 Å². The van der Waals surface area contributed by atoms with E-state index in [4.69, 9.17) is 22.1 Å². The summed E-state index contributed by atoms with van der Waals surface area (Å²) >= 11 is 7.61. The highest BCUT2D eigenvalue weighted by atomic mass is 35.5. The van der Waals surface area contributed by atoms with E-state index in [0.717, 1.165) is 51.6 Å². The fourth-order valence-corrected chi connectivity index (χ4v) is 5.46. The average Bonchev–Trinajstić information content (AvgIpc) is 3.53. The molecule has 0 saturated carbocycles. The Kier molecular flexibility index (Phi) is 7.83. The molecule has 0 spiro atoms. The summed E-state index contributed by atoms with van der Waals surface area (Å²) in [5.74, 6) is 0.709. The number of hydrogen-bond donors (Lipinski definition) is 2. The van der Waals surface area contributed by atoms with Crippen LogP contribution in [0.5, 0.6) is 5.75 Å². The number of anilines is 1. The molecule has 0 aliphatic rings. The molecule has 0 radical (unpaired) electrons. The molecule has 0 saturated heterocycles. The minimum Gasteiger partial charge on any atom is -0.484 e. The number of primary amides is 1. The number of ether oxygens (including phenoxy) is 1. The lowest BCUT2D eigenvalue weighted by atomic mass is 10.1. The van der Waals surface area contributed by atoms with Crippen LogP contribution in [0.1, 0.15) is 28.3 Å². The van der Waals surface area contributed by atoms with Gasteiger partial charge in [0.15, 0.2) is 0 Å². The number of fused-ring (bicyclic) bond motifs is 1. The van der Waals surface area contributed by atoms with Gasteiger partial charge in [0.25, 0.3) is 5.91 Å². The molecular weight excluding hydrogens is 532 g/mol. The van der Waals surface area contributed by atoms with Gasteiger partial charge in [-0.05, 0) is 56.9 Å². The number of hydrogen-bond acceptors (Lipinski definition) is 7. The molecule has 3 heterocycles. The van der Waals surface area contributed by atoms with Crippen LogP contribution in [0.4, 0.5) is 5.82 Å². The van der Waals surface area contributed by atoms with Crippen molar-refractivity contribution in [2.75, 3.05) is 32.5 Å². The van der Waals surface area contributed by atoms with Crippen LogP contribution in [-0.2, 0) is 0 Å². The number of thiophene rings is 1. The summed E-state index contributed by atoms with van der Waals surface area (Å²) in [5.41, 5.74) is 10.3. The summed E-state index contributed by atoms with van der Waals surface area (Å²) in [5, 5.41) is 4.70. The zero-order chi connectivity index (χ0) is 27.5. The first kappa shape index (κ1) is 26.7. The van der Waals surface area contributed by atoms with Gasteiger partial charge in [-0.3, -0.25) is 9.36 Å². The Morgan fingerprint density at radius 1 is 1.13 bits per heavy atom. The van der Waals surface area contributed by atoms with E-state index in [1.807, 2.05) is 92.4 Å². The van der Waals surface area contributed by atoms with Gasteiger partial charge in [-0.15, -0.1) is 11.3 Å². The van der Waals surface area contributed by atoms with Crippen molar-refractivity contribution in [1.82, 2.24) is 19.4 Å². The Morgan fingerprint density at radius 3 is 2.64 bits per heavy atom. The third kappa shape index (κ3) is 5.90. The number of halogens is 1. The van der Waals surface area contributed by atoms with Crippen LogP contribution in [0.3, 0.4) is 0 Å². The highest BCUT2D eigenvalue weighted by molar-refractivity contribution is 7.16. The van der Waals surface area contributed by atoms with Gasteiger partial charge in [0.1, 0.15) is 33.9 Å². The summed E-state index contributed by atoms with van der Waals surface area (Å²) in [6.45, 7) is 3.65. The molecule has 0 unspecified atom stereocenters. The number of rotatable bonds is 10. The maximum Gasteiger partial charge on any atom is 0.262 e. The third-order valence-electron chi connectivity index (χ3n) is 6.30. The number of nitrogens with two attached hydrogens (primary N) is 1. The van der Waals surface area contributed by atoms with E-state index < -0.39 is 5.91 Å². The minimum atomic E-state index is -0.550. The molecule has 1 amide bonds. The Hall–Kier alpha value is -3.92. The Morgan fingerprint density at radius 2 is 1.92 bits per heavy atom. The lowest BCUT2D eigenvalue weighted by Gasteiger charge is -2.16. The first-order chi connectivity index (χ1) is 18.8. The van der Waals surface area contributed by atoms with E-state index in [2.05, 4.69) is 20.2 Å². The van der Waals surface area contributed by atoms with Crippen molar-refractivity contribution >= 4 is 45.7 Å². The molecule has 0 aliphatic carbocycles. The number of aromatic nitrogens is 3. The number of amides is 1. The maximum absolute atomic E-state index is 12.3. The summed E-state index contributed by atoms with van der Waals surface area (Å²) < 4.78 is 8.09. The van der Waals surface area contributed by atoms with Crippen molar-refractivity contribution in [2.24, 2.45) is 5.73 Å². The largest absolute Gasteiger partial charge is 0.484 e. The summed E-state index contributed by atoms with van der Waals surface area (Å²) in [6.07, 6.45) is 3.23. The van der Waals surface area contributed by atoms with Crippen molar-refractivity contribution in [3.8, 4) is 21.9 Å². The molecule has 5 aromatic rings. The zero-order valence-corrected chi connectivity index (χ0v) is 23.5. The van der Waals surface area contributed by atoms with Gasteiger partial charge >= 0.3 is 0 Å². The van der Waals surface area contributed by atoms with E-state index in [1.165, 1.54) is 11.3 Å². The number of likely N-dealkylation sites (N-methyl/N-ethyl adjacent to an activating group) is 1. The molecule has 0 aliphatic heterocycles. The number of nitrogens with zero attached hydrogens (tertiary/aromatic N) is 4. The molecule has 39 heavy (non-hydrogen) atoms. The molecule has 1 atom stereocenters. The first-order valence-corrected chi connectivity index (χ1v) is 13.7. The minimum absolute atomic E-state index is 0.340. The smallest absolute Gasteiger partial charge is 0.262 e. The monoisotopic (exact) mass is 560 g/mol. The number of benzene rings is 2. The van der Waals surface area contributed by atoms with Gasteiger partial charge < -0.3 is 20.7 Å². The normalized spacial score (nSPS) is 12.1. The molecule has 3 N–H and O–H groups in total. The van der Waals surface area contributed by atoms with E-state index >= 15 is 0 Å². The average molecular weight is 561 g/mol. The lowest BCUT2D eigenvalue weighted by molar-refractivity contribution is 0.0998. The van der Waals surface area contributed by atoms with Crippen LogP contribution < -0.4 is 15.8 Å². The SMILES string of the molecule is C[C@@H](Oc1cc(-n2cnc3cc(-c4ccc(NCCN(C)C)nc4)ccc32)sc1C(N)=O)c1ccccc1Cl. The van der Waals surface area contributed by atoms with Gasteiger partial charge in [0.05, 0.1) is 11.0 Å². The van der Waals surface area contributed by atoms with Crippen LogP contribution in [0, 0.1) is 0 Å². The molecule has 5 rings (SSSR count). The fourth-order valence-electron chi connectivity index (χ4n) is 4.24. The van der Waals surface area contributed by atoms with Crippen LogP contribution in [0.25, 0.3) is 27.2 Å². The Balaban J connectivity index is 1.39. The van der Waals surface area contributed by atoms with Crippen LogP contribution in [-0.4, -0.2) is 52.5 Å². The second-order valence-corrected chi connectivity index (χ2v) is 10.8.